The molecule has 2 aliphatic rings. The number of rotatable bonds is 5. The Labute approximate surface area is 159 Å². The van der Waals surface area contributed by atoms with E-state index in [0.29, 0.717) is 5.56 Å². The van der Waals surface area contributed by atoms with Gasteiger partial charge in [0, 0.05) is 42.3 Å². The summed E-state index contributed by atoms with van der Waals surface area (Å²) < 4.78 is 0. The lowest BCUT2D eigenvalue weighted by Gasteiger charge is -2.28. The number of hydrogen-bond donors (Lipinski definition) is 2. The largest absolute Gasteiger partial charge is 0.372 e. The maximum Gasteiger partial charge on any atom is 0.274 e. The molecule has 140 valence electrons. The van der Waals surface area contributed by atoms with Gasteiger partial charge >= 0.3 is 0 Å². The van der Waals surface area contributed by atoms with Crippen LogP contribution in [-0.4, -0.2) is 35.9 Å². The first-order chi connectivity index (χ1) is 13.2. The van der Waals surface area contributed by atoms with Crippen LogP contribution in [-0.2, 0) is 0 Å². The number of aromatic nitrogens is 1. The molecule has 2 N–H and O–H groups in total. The highest BCUT2D eigenvalue weighted by Gasteiger charge is 2.24. The molecule has 0 spiro atoms. The first-order valence-corrected chi connectivity index (χ1v) is 9.62. The summed E-state index contributed by atoms with van der Waals surface area (Å²) in [7, 11) is 0. The van der Waals surface area contributed by atoms with Gasteiger partial charge in [-0.1, -0.05) is 0 Å². The van der Waals surface area contributed by atoms with Gasteiger partial charge in [-0.15, -0.1) is 0 Å². The Kier molecular flexibility index (Phi) is 5.05. The molecule has 2 heterocycles. The van der Waals surface area contributed by atoms with Crippen LogP contribution in [0.25, 0.3) is 0 Å². The van der Waals surface area contributed by atoms with Gasteiger partial charge in [-0.3, -0.25) is 14.6 Å². The maximum atomic E-state index is 12.5. The zero-order valence-corrected chi connectivity index (χ0v) is 15.3. The van der Waals surface area contributed by atoms with E-state index in [1.807, 2.05) is 24.3 Å². The average molecular weight is 364 g/mol. The predicted molar refractivity (Wildman–Crippen MR) is 105 cm³/mol. The molecule has 1 aromatic heterocycles. The second-order valence-electron chi connectivity index (χ2n) is 7.23. The van der Waals surface area contributed by atoms with Crippen molar-refractivity contribution in [2.24, 2.45) is 0 Å². The number of pyridine rings is 1. The van der Waals surface area contributed by atoms with Gasteiger partial charge < -0.3 is 15.5 Å². The van der Waals surface area contributed by atoms with Crippen LogP contribution in [0.5, 0.6) is 0 Å². The minimum atomic E-state index is -0.318. The Morgan fingerprint density at radius 2 is 1.70 bits per heavy atom. The van der Waals surface area contributed by atoms with E-state index in [-0.39, 0.29) is 23.6 Å². The third-order valence-corrected chi connectivity index (χ3v) is 5.01. The molecule has 1 aliphatic carbocycles. The monoisotopic (exact) mass is 364 g/mol. The third-order valence-electron chi connectivity index (χ3n) is 5.01. The van der Waals surface area contributed by atoms with Crippen molar-refractivity contribution in [3.05, 3.63) is 53.9 Å². The van der Waals surface area contributed by atoms with Crippen LogP contribution < -0.4 is 15.5 Å². The molecule has 2 aromatic rings. The van der Waals surface area contributed by atoms with E-state index < -0.39 is 0 Å². The quantitative estimate of drug-likeness (QED) is 0.854. The smallest absolute Gasteiger partial charge is 0.274 e. The molecule has 1 aromatic carbocycles. The molecule has 2 amide bonds. The van der Waals surface area contributed by atoms with E-state index in [0.717, 1.165) is 31.6 Å². The summed E-state index contributed by atoms with van der Waals surface area (Å²) in [6.07, 6.45) is 7.31. The van der Waals surface area contributed by atoms with Gasteiger partial charge in [0.25, 0.3) is 11.8 Å². The number of nitrogens with zero attached hydrogens (tertiary/aromatic N) is 2. The molecular weight excluding hydrogens is 340 g/mol. The Balaban J connectivity index is 1.40. The molecule has 1 aliphatic heterocycles. The number of hydrogen-bond acceptors (Lipinski definition) is 4. The summed E-state index contributed by atoms with van der Waals surface area (Å²) in [5, 5.41) is 5.78. The van der Waals surface area contributed by atoms with E-state index in [9.17, 15) is 9.59 Å². The van der Waals surface area contributed by atoms with Crippen LogP contribution in [0.15, 0.2) is 42.6 Å². The summed E-state index contributed by atoms with van der Waals surface area (Å²) in [5.74, 6) is -0.471. The highest BCUT2D eigenvalue weighted by atomic mass is 16.2. The van der Waals surface area contributed by atoms with E-state index in [4.69, 9.17) is 0 Å². The van der Waals surface area contributed by atoms with Gasteiger partial charge in [0.15, 0.2) is 0 Å². The minimum absolute atomic E-state index is 0.153. The van der Waals surface area contributed by atoms with Crippen molar-refractivity contribution in [2.45, 2.75) is 38.1 Å². The van der Waals surface area contributed by atoms with Crippen molar-refractivity contribution in [3.8, 4) is 0 Å². The molecular formula is C21H24N4O2. The number of anilines is 2. The van der Waals surface area contributed by atoms with Crippen molar-refractivity contribution in [2.75, 3.05) is 23.3 Å². The lowest BCUT2D eigenvalue weighted by atomic mass is 10.1. The van der Waals surface area contributed by atoms with Crippen LogP contribution >= 0.6 is 0 Å². The van der Waals surface area contributed by atoms with Crippen LogP contribution in [0, 0.1) is 0 Å². The second-order valence-corrected chi connectivity index (χ2v) is 7.23. The normalized spacial score (nSPS) is 16.7. The number of carbonyl (C=O) groups excluding carboxylic acids is 2. The molecule has 0 atom stereocenters. The van der Waals surface area contributed by atoms with E-state index in [1.54, 1.807) is 6.07 Å². The van der Waals surface area contributed by atoms with Crippen molar-refractivity contribution >= 4 is 23.2 Å². The highest BCUT2D eigenvalue weighted by Crippen LogP contribution is 2.22. The number of carbonyl (C=O) groups is 2. The second kappa shape index (κ2) is 7.78. The fourth-order valence-corrected chi connectivity index (χ4v) is 3.30. The zero-order valence-electron chi connectivity index (χ0n) is 15.3. The van der Waals surface area contributed by atoms with Crippen molar-refractivity contribution in [1.29, 1.82) is 0 Å². The molecule has 0 radical (unpaired) electrons. The molecule has 0 bridgehead atoms. The van der Waals surface area contributed by atoms with Crippen molar-refractivity contribution < 1.29 is 9.59 Å². The first kappa shape index (κ1) is 17.5. The lowest BCUT2D eigenvalue weighted by molar-refractivity contribution is 0.0951. The summed E-state index contributed by atoms with van der Waals surface area (Å²) >= 11 is 0. The fourth-order valence-electron chi connectivity index (χ4n) is 3.30. The number of nitrogens with one attached hydrogen (secondary N) is 2. The molecule has 4 rings (SSSR count). The summed E-state index contributed by atoms with van der Waals surface area (Å²) in [4.78, 5) is 31.1. The Morgan fingerprint density at radius 3 is 2.41 bits per heavy atom. The van der Waals surface area contributed by atoms with Gasteiger partial charge in [0.2, 0.25) is 0 Å². The van der Waals surface area contributed by atoms with Gasteiger partial charge in [-0.05, 0) is 68.5 Å². The van der Waals surface area contributed by atoms with Crippen LogP contribution in [0.4, 0.5) is 11.4 Å². The number of piperidine rings is 1. The first-order valence-electron chi connectivity index (χ1n) is 9.62. The van der Waals surface area contributed by atoms with Gasteiger partial charge in [0.05, 0.1) is 0 Å². The van der Waals surface area contributed by atoms with Crippen LogP contribution in [0.1, 0.15) is 53.0 Å². The predicted octanol–water partition coefficient (Wildman–Crippen LogP) is 3.22. The van der Waals surface area contributed by atoms with Crippen molar-refractivity contribution in [1.82, 2.24) is 10.3 Å². The summed E-state index contributed by atoms with van der Waals surface area (Å²) in [6, 6.07) is 11.3. The fraction of sp³-hybridized carbons (Fsp3) is 0.381. The van der Waals surface area contributed by atoms with Gasteiger partial charge in [0.1, 0.15) is 5.69 Å². The standard InChI is InChI=1S/C21H24N4O2/c26-20(23-16-4-5-16)15-10-11-22-19(14-15)21(27)24-17-6-8-18(9-7-17)25-12-2-1-3-13-25/h6-11,14,16H,1-5,12-13H2,(H,23,26)(H,24,27). The Morgan fingerprint density at radius 1 is 0.963 bits per heavy atom. The molecule has 1 saturated carbocycles. The molecule has 2 fully saturated rings. The lowest BCUT2D eigenvalue weighted by Crippen LogP contribution is -2.29. The summed E-state index contributed by atoms with van der Waals surface area (Å²) in [6.45, 7) is 2.18. The molecule has 0 unspecified atom stereocenters. The van der Waals surface area contributed by atoms with E-state index in [2.05, 4.69) is 20.5 Å². The molecule has 6 nitrogen and oxygen atoms in total. The van der Waals surface area contributed by atoms with E-state index >= 15 is 0 Å². The third kappa shape index (κ3) is 4.45. The van der Waals surface area contributed by atoms with Crippen LogP contribution in [0.3, 0.4) is 0 Å². The maximum absolute atomic E-state index is 12.5. The summed E-state index contributed by atoms with van der Waals surface area (Å²) in [5.41, 5.74) is 2.60. The number of benzene rings is 1. The van der Waals surface area contributed by atoms with E-state index in [1.165, 1.54) is 37.2 Å². The topological polar surface area (TPSA) is 74.3 Å². The zero-order chi connectivity index (χ0) is 18.6. The Bertz CT molecular complexity index is 824. The minimum Gasteiger partial charge on any atom is -0.372 e. The molecule has 6 heteroatoms. The molecule has 27 heavy (non-hydrogen) atoms. The SMILES string of the molecule is O=C(NC1CC1)c1ccnc(C(=O)Nc2ccc(N3CCCCC3)cc2)c1. The number of amides is 2. The Hall–Kier alpha value is -2.89. The van der Waals surface area contributed by atoms with Gasteiger partial charge in [-0.2, -0.15) is 0 Å². The van der Waals surface area contributed by atoms with Crippen LogP contribution in [0.2, 0.25) is 0 Å². The van der Waals surface area contributed by atoms with Gasteiger partial charge in [-0.25, -0.2) is 0 Å². The average Bonchev–Trinajstić information content (AvgIpc) is 3.53. The molecule has 1 saturated heterocycles. The van der Waals surface area contributed by atoms with Crippen molar-refractivity contribution in [3.63, 3.8) is 0 Å². The highest BCUT2D eigenvalue weighted by molar-refractivity contribution is 6.04.